The largest absolute Gasteiger partial charge is 0.459 e. The second kappa shape index (κ2) is 8.62. The minimum absolute atomic E-state index is 0.0174. The van der Waals surface area contributed by atoms with Gasteiger partial charge in [-0.2, -0.15) is 0 Å². The van der Waals surface area contributed by atoms with E-state index in [0.717, 1.165) is 6.07 Å². The summed E-state index contributed by atoms with van der Waals surface area (Å²) in [4.78, 5) is 45.1. The van der Waals surface area contributed by atoms with Crippen LogP contribution in [0.3, 0.4) is 0 Å². The number of carbonyl (C=O) groups is 3. The molecule has 1 aromatic carbocycles. The molecule has 0 atom stereocenters. The molecule has 0 radical (unpaired) electrons. The first-order valence-corrected chi connectivity index (χ1v) is 7.45. The average molecular weight is 382 g/mol. The van der Waals surface area contributed by atoms with Gasteiger partial charge in [0.2, 0.25) is 0 Å². The van der Waals surface area contributed by atoms with Crippen molar-refractivity contribution in [3.63, 3.8) is 0 Å². The number of nitrogens with one attached hydrogen (secondary N) is 2. The van der Waals surface area contributed by atoms with Gasteiger partial charge in [-0.25, -0.2) is 0 Å². The van der Waals surface area contributed by atoms with Crippen LogP contribution >= 0.6 is 11.6 Å². The highest BCUT2D eigenvalue weighted by atomic mass is 35.5. The van der Waals surface area contributed by atoms with Gasteiger partial charge in [0.1, 0.15) is 12.2 Å². The Labute approximate surface area is 151 Å². The third-order valence-electron chi connectivity index (χ3n) is 2.93. The summed E-state index contributed by atoms with van der Waals surface area (Å²) in [5.41, 5.74) is -0.491. The van der Waals surface area contributed by atoms with Crippen LogP contribution in [0.5, 0.6) is 0 Å². The van der Waals surface area contributed by atoms with Crippen LogP contribution in [0.2, 0.25) is 5.02 Å². The Balaban J connectivity index is 1.81. The zero-order valence-electron chi connectivity index (χ0n) is 13.1. The van der Waals surface area contributed by atoms with Crippen molar-refractivity contribution in [2.45, 2.75) is 0 Å². The molecule has 11 heteroatoms. The fourth-order valence-electron chi connectivity index (χ4n) is 1.80. The molecular weight excluding hydrogens is 370 g/mol. The standard InChI is InChI=1S/C15H12ClN3O7/c16-9-3-4-11(19(23)24)10(6-9)18-13(20)8-26-14(21)7-17-15(22)12-2-1-5-25-12/h1-6H,7-8H2,(H,17,22)(H,18,20). The van der Waals surface area contributed by atoms with Crippen LogP contribution in [0.4, 0.5) is 11.4 Å². The lowest BCUT2D eigenvalue weighted by Crippen LogP contribution is -2.32. The first-order valence-electron chi connectivity index (χ1n) is 7.08. The van der Waals surface area contributed by atoms with Gasteiger partial charge in [-0.1, -0.05) is 11.6 Å². The van der Waals surface area contributed by atoms with Gasteiger partial charge in [0.25, 0.3) is 17.5 Å². The quantitative estimate of drug-likeness (QED) is 0.422. The molecule has 0 aliphatic rings. The van der Waals surface area contributed by atoms with Gasteiger partial charge in [-0.15, -0.1) is 0 Å². The number of nitrogens with zero attached hydrogens (tertiary/aromatic N) is 1. The molecule has 2 aromatic rings. The minimum atomic E-state index is -0.874. The molecule has 0 aliphatic heterocycles. The Morgan fingerprint density at radius 1 is 1.27 bits per heavy atom. The van der Waals surface area contributed by atoms with Crippen molar-refractivity contribution in [2.24, 2.45) is 0 Å². The number of ether oxygens (including phenoxy) is 1. The van der Waals surface area contributed by atoms with Gasteiger partial charge in [0.05, 0.1) is 11.2 Å². The first kappa shape index (κ1) is 18.9. The monoisotopic (exact) mass is 381 g/mol. The second-order valence-corrected chi connectivity index (χ2v) is 5.22. The Bertz CT molecular complexity index is 836. The lowest BCUT2D eigenvalue weighted by atomic mass is 10.2. The third kappa shape index (κ3) is 5.31. The second-order valence-electron chi connectivity index (χ2n) is 4.79. The van der Waals surface area contributed by atoms with E-state index in [1.54, 1.807) is 0 Å². The van der Waals surface area contributed by atoms with Gasteiger partial charge < -0.3 is 19.8 Å². The molecule has 0 saturated heterocycles. The summed E-state index contributed by atoms with van der Waals surface area (Å²) in [6, 6.07) is 6.55. The third-order valence-corrected chi connectivity index (χ3v) is 3.17. The zero-order valence-corrected chi connectivity index (χ0v) is 13.8. The number of anilines is 1. The van der Waals surface area contributed by atoms with Crippen LogP contribution in [0.1, 0.15) is 10.6 Å². The zero-order chi connectivity index (χ0) is 19.1. The lowest BCUT2D eigenvalue weighted by molar-refractivity contribution is -0.383. The number of carbonyl (C=O) groups excluding carboxylic acids is 3. The number of nitro benzene ring substituents is 1. The lowest BCUT2D eigenvalue weighted by Gasteiger charge is -2.08. The highest BCUT2D eigenvalue weighted by Crippen LogP contribution is 2.27. The molecule has 0 aliphatic carbocycles. The van der Waals surface area contributed by atoms with E-state index in [4.69, 9.17) is 16.0 Å². The van der Waals surface area contributed by atoms with Gasteiger partial charge in [-0.05, 0) is 24.3 Å². The molecule has 10 nitrogen and oxygen atoms in total. The number of amides is 2. The molecule has 0 unspecified atom stereocenters. The maximum absolute atomic E-state index is 11.8. The Hall–Kier alpha value is -3.40. The molecule has 0 spiro atoms. The normalized spacial score (nSPS) is 10.0. The maximum atomic E-state index is 11.8. The number of furan rings is 1. The van der Waals surface area contributed by atoms with E-state index in [9.17, 15) is 24.5 Å². The highest BCUT2D eigenvalue weighted by molar-refractivity contribution is 6.31. The van der Waals surface area contributed by atoms with Crippen molar-refractivity contribution in [1.29, 1.82) is 0 Å². The van der Waals surface area contributed by atoms with E-state index in [1.165, 1.54) is 30.5 Å². The summed E-state index contributed by atoms with van der Waals surface area (Å²) in [6.07, 6.45) is 1.30. The topological polar surface area (TPSA) is 141 Å². The number of nitro groups is 1. The predicted molar refractivity (Wildman–Crippen MR) is 88.7 cm³/mol. The summed E-state index contributed by atoms with van der Waals surface area (Å²) >= 11 is 5.74. The molecule has 26 heavy (non-hydrogen) atoms. The number of hydrogen-bond acceptors (Lipinski definition) is 7. The van der Waals surface area contributed by atoms with E-state index >= 15 is 0 Å². The number of benzene rings is 1. The summed E-state index contributed by atoms with van der Waals surface area (Å²) < 4.78 is 9.51. The molecule has 2 N–H and O–H groups in total. The summed E-state index contributed by atoms with van der Waals surface area (Å²) in [5.74, 6) is -2.28. The van der Waals surface area contributed by atoms with E-state index in [-0.39, 0.29) is 22.2 Å². The van der Waals surface area contributed by atoms with Gasteiger partial charge in [0.15, 0.2) is 12.4 Å². The smallest absolute Gasteiger partial charge is 0.325 e. The van der Waals surface area contributed by atoms with Gasteiger partial charge in [-0.3, -0.25) is 24.5 Å². The van der Waals surface area contributed by atoms with E-state index < -0.39 is 35.9 Å². The van der Waals surface area contributed by atoms with Crippen molar-refractivity contribution in [3.05, 3.63) is 57.5 Å². The molecule has 0 saturated carbocycles. The van der Waals surface area contributed by atoms with Crippen LogP contribution in [0.25, 0.3) is 0 Å². The Morgan fingerprint density at radius 2 is 2.04 bits per heavy atom. The molecule has 1 heterocycles. The van der Waals surface area contributed by atoms with Crippen LogP contribution in [-0.2, 0) is 14.3 Å². The van der Waals surface area contributed by atoms with Gasteiger partial charge in [0, 0.05) is 11.1 Å². The minimum Gasteiger partial charge on any atom is -0.459 e. The Morgan fingerprint density at radius 3 is 2.69 bits per heavy atom. The summed E-state index contributed by atoms with van der Waals surface area (Å²) in [5, 5.41) is 15.6. The molecule has 2 amide bonds. The van der Waals surface area contributed by atoms with Crippen LogP contribution in [-0.4, -0.2) is 35.9 Å². The number of hydrogen-bond donors (Lipinski definition) is 2. The van der Waals surface area contributed by atoms with Crippen molar-refractivity contribution < 1.29 is 28.5 Å². The van der Waals surface area contributed by atoms with Crippen LogP contribution in [0.15, 0.2) is 41.0 Å². The number of rotatable bonds is 7. The van der Waals surface area contributed by atoms with E-state index in [0.29, 0.717) is 0 Å². The molecule has 136 valence electrons. The summed E-state index contributed by atoms with van der Waals surface area (Å²) in [6.45, 7) is -1.18. The average Bonchev–Trinajstić information content (AvgIpc) is 3.12. The maximum Gasteiger partial charge on any atom is 0.325 e. The van der Waals surface area contributed by atoms with Crippen molar-refractivity contribution >= 4 is 40.8 Å². The SMILES string of the molecule is O=C(COC(=O)CNC(=O)c1ccco1)Nc1cc(Cl)ccc1[N+](=O)[O-]. The predicted octanol–water partition coefficient (Wildman–Crippen LogP) is 1.75. The summed E-state index contributed by atoms with van der Waals surface area (Å²) in [7, 11) is 0. The van der Waals surface area contributed by atoms with E-state index in [2.05, 4.69) is 15.4 Å². The highest BCUT2D eigenvalue weighted by Gasteiger charge is 2.17. The molecule has 1 aromatic heterocycles. The molecule has 0 bridgehead atoms. The van der Waals surface area contributed by atoms with Crippen molar-refractivity contribution in [2.75, 3.05) is 18.5 Å². The molecular formula is C15H12ClN3O7. The van der Waals surface area contributed by atoms with E-state index in [1.807, 2.05) is 0 Å². The molecule has 0 fully saturated rings. The van der Waals surface area contributed by atoms with Crippen LogP contribution in [0, 0.1) is 10.1 Å². The van der Waals surface area contributed by atoms with Gasteiger partial charge >= 0.3 is 5.97 Å². The first-order chi connectivity index (χ1) is 12.4. The van der Waals surface area contributed by atoms with Crippen LogP contribution < -0.4 is 10.6 Å². The number of halogens is 1. The van der Waals surface area contributed by atoms with Crippen molar-refractivity contribution in [1.82, 2.24) is 5.32 Å². The number of esters is 1. The van der Waals surface area contributed by atoms with Crippen molar-refractivity contribution in [3.8, 4) is 0 Å². The fraction of sp³-hybridized carbons (Fsp3) is 0.133. The fourth-order valence-corrected chi connectivity index (χ4v) is 1.97. The molecule has 2 rings (SSSR count). The Kier molecular flexibility index (Phi) is 6.28.